The number of hydrogen-bond acceptors (Lipinski definition) is 2. The largest absolute Gasteiger partial charge is 0.416 e. The summed E-state index contributed by atoms with van der Waals surface area (Å²) in [6.07, 6.45) is -1.19. The van der Waals surface area contributed by atoms with Gasteiger partial charge in [0.05, 0.1) is 17.8 Å². The predicted molar refractivity (Wildman–Crippen MR) is 79.7 cm³/mol. The lowest BCUT2D eigenvalue weighted by Gasteiger charge is -2.06. The van der Waals surface area contributed by atoms with Crippen LogP contribution in [0.3, 0.4) is 0 Å². The highest BCUT2D eigenvalue weighted by molar-refractivity contribution is 14.1. The molecule has 6 heteroatoms. The zero-order valence-electron chi connectivity index (χ0n) is 10.2. The van der Waals surface area contributed by atoms with E-state index in [1.165, 1.54) is 12.3 Å². The molecule has 0 radical (unpaired) electrons. The second-order valence-electron chi connectivity index (χ2n) is 4.06. The van der Waals surface area contributed by atoms with Gasteiger partial charge in [-0.05, 0) is 52.4 Å². The Labute approximate surface area is 127 Å². The first-order valence-corrected chi connectivity index (χ1v) is 6.80. The van der Waals surface area contributed by atoms with Crippen LogP contribution in [-0.2, 0) is 12.7 Å². The fourth-order valence-electron chi connectivity index (χ4n) is 1.54. The van der Waals surface area contributed by atoms with Gasteiger partial charge < -0.3 is 0 Å². The van der Waals surface area contributed by atoms with Crippen LogP contribution in [0.5, 0.6) is 0 Å². The quantitative estimate of drug-likeness (QED) is 0.566. The summed E-state index contributed by atoms with van der Waals surface area (Å²) in [6, 6.07) is 8.81. The summed E-state index contributed by atoms with van der Waals surface area (Å²) in [6.45, 7) is 0.340. The third-order valence-electron chi connectivity index (χ3n) is 2.50. The first-order valence-electron chi connectivity index (χ1n) is 5.73. The van der Waals surface area contributed by atoms with Gasteiger partial charge in [0, 0.05) is 16.0 Å². The van der Waals surface area contributed by atoms with Gasteiger partial charge in [-0.1, -0.05) is 12.1 Å². The van der Waals surface area contributed by atoms with Gasteiger partial charge in [0.1, 0.15) is 0 Å². The highest BCUT2D eigenvalue weighted by Gasteiger charge is 2.30. The topological polar surface area (TPSA) is 25.2 Å². The summed E-state index contributed by atoms with van der Waals surface area (Å²) in [7, 11) is 0. The molecule has 0 aliphatic heterocycles. The van der Waals surface area contributed by atoms with Crippen molar-refractivity contribution in [1.82, 2.24) is 4.98 Å². The van der Waals surface area contributed by atoms with Gasteiger partial charge in [0.2, 0.25) is 0 Å². The van der Waals surface area contributed by atoms with E-state index in [4.69, 9.17) is 0 Å². The molecular weight excluding hydrogens is 380 g/mol. The molecule has 104 valence electrons. The Morgan fingerprint density at radius 3 is 2.65 bits per heavy atom. The normalized spacial score (nSPS) is 12.0. The van der Waals surface area contributed by atoms with Crippen LogP contribution in [0, 0.1) is 3.57 Å². The van der Waals surface area contributed by atoms with E-state index in [-0.39, 0.29) is 0 Å². The van der Waals surface area contributed by atoms with Gasteiger partial charge in [-0.15, -0.1) is 0 Å². The van der Waals surface area contributed by atoms with Crippen molar-refractivity contribution in [2.45, 2.75) is 12.7 Å². The molecule has 1 heterocycles. The van der Waals surface area contributed by atoms with E-state index in [9.17, 15) is 13.2 Å². The number of nitrogens with zero attached hydrogens (tertiary/aromatic N) is 2. The maximum atomic E-state index is 12.5. The highest BCUT2D eigenvalue weighted by atomic mass is 127. The molecule has 0 fully saturated rings. The maximum absolute atomic E-state index is 12.5. The molecule has 0 saturated heterocycles. The maximum Gasteiger partial charge on any atom is 0.416 e. The minimum atomic E-state index is -4.33. The van der Waals surface area contributed by atoms with Crippen LogP contribution in [0.4, 0.5) is 13.2 Å². The van der Waals surface area contributed by atoms with E-state index < -0.39 is 11.7 Å². The summed E-state index contributed by atoms with van der Waals surface area (Å²) < 4.78 is 38.6. The molecule has 0 aliphatic carbocycles. The first kappa shape index (κ1) is 15.0. The predicted octanol–water partition coefficient (Wildman–Crippen LogP) is 4.32. The lowest BCUT2D eigenvalue weighted by Crippen LogP contribution is -2.05. The molecule has 0 spiro atoms. The molecule has 1 aromatic carbocycles. The van der Waals surface area contributed by atoms with Crippen LogP contribution in [0.25, 0.3) is 0 Å². The first-order chi connectivity index (χ1) is 9.45. The smallest absolute Gasteiger partial charge is 0.286 e. The van der Waals surface area contributed by atoms with Gasteiger partial charge in [0.15, 0.2) is 0 Å². The number of halogens is 4. The Balaban J connectivity index is 2.06. The second kappa shape index (κ2) is 6.34. The molecule has 1 aromatic heterocycles. The molecule has 2 aromatic rings. The molecule has 2 rings (SSSR count). The number of rotatable bonds is 3. The molecule has 0 N–H and O–H groups in total. The second-order valence-corrected chi connectivity index (χ2v) is 5.31. The summed E-state index contributed by atoms with van der Waals surface area (Å²) in [5.41, 5.74) is 0.521. The standard InChI is InChI=1S/C14H10F3IN2/c15-14(16,17)11-3-1-2-10(6-11)7-19-9-13-5-4-12(18)8-20-13/h1-8H,9H2. The van der Waals surface area contributed by atoms with Gasteiger partial charge in [-0.25, -0.2) is 0 Å². The van der Waals surface area contributed by atoms with Crippen molar-refractivity contribution in [1.29, 1.82) is 0 Å². The number of aliphatic imine (C=N–C) groups is 1. The van der Waals surface area contributed by atoms with E-state index in [0.717, 1.165) is 21.4 Å². The Morgan fingerprint density at radius 1 is 1.20 bits per heavy atom. The monoisotopic (exact) mass is 390 g/mol. The van der Waals surface area contributed by atoms with E-state index >= 15 is 0 Å². The number of pyridine rings is 1. The lowest BCUT2D eigenvalue weighted by molar-refractivity contribution is -0.137. The Hall–Kier alpha value is -1.44. The highest BCUT2D eigenvalue weighted by Crippen LogP contribution is 2.29. The summed E-state index contributed by atoms with van der Waals surface area (Å²) in [5, 5.41) is 0. The number of alkyl halides is 3. The fraction of sp³-hybridized carbons (Fsp3) is 0.143. The van der Waals surface area contributed by atoms with Crippen LogP contribution in [0.1, 0.15) is 16.8 Å². The average Bonchev–Trinajstić information content (AvgIpc) is 2.40. The zero-order chi connectivity index (χ0) is 14.6. The van der Waals surface area contributed by atoms with E-state index in [1.807, 2.05) is 12.1 Å². The van der Waals surface area contributed by atoms with Crippen molar-refractivity contribution in [2.24, 2.45) is 4.99 Å². The van der Waals surface area contributed by atoms with Gasteiger partial charge >= 0.3 is 6.18 Å². The van der Waals surface area contributed by atoms with Crippen molar-refractivity contribution < 1.29 is 13.2 Å². The number of benzene rings is 1. The molecule has 0 atom stereocenters. The van der Waals surface area contributed by atoms with Crippen molar-refractivity contribution >= 4 is 28.8 Å². The van der Waals surface area contributed by atoms with Crippen molar-refractivity contribution in [3.63, 3.8) is 0 Å². The van der Waals surface area contributed by atoms with Crippen molar-refractivity contribution in [2.75, 3.05) is 0 Å². The van der Waals surface area contributed by atoms with Crippen LogP contribution >= 0.6 is 22.6 Å². The minimum absolute atomic E-state index is 0.340. The van der Waals surface area contributed by atoms with Crippen LogP contribution in [-0.4, -0.2) is 11.2 Å². The van der Waals surface area contributed by atoms with Crippen LogP contribution in [0.15, 0.2) is 47.6 Å². The molecule has 0 bridgehead atoms. The summed E-state index contributed by atoms with van der Waals surface area (Å²) >= 11 is 2.15. The molecule has 0 amide bonds. The Bertz CT molecular complexity index is 607. The SMILES string of the molecule is FC(F)(F)c1cccc(C=NCc2ccc(I)cn2)c1. The third-order valence-corrected chi connectivity index (χ3v) is 3.13. The van der Waals surface area contributed by atoms with Crippen LogP contribution < -0.4 is 0 Å². The zero-order valence-corrected chi connectivity index (χ0v) is 12.4. The van der Waals surface area contributed by atoms with Gasteiger partial charge in [0.25, 0.3) is 0 Å². The van der Waals surface area contributed by atoms with E-state index in [2.05, 4.69) is 32.6 Å². The molecule has 0 unspecified atom stereocenters. The molecular formula is C14H10F3IN2. The summed E-state index contributed by atoms with van der Waals surface area (Å²) in [5.74, 6) is 0. The molecule has 0 saturated carbocycles. The van der Waals surface area contributed by atoms with Crippen LogP contribution in [0.2, 0.25) is 0 Å². The molecule has 20 heavy (non-hydrogen) atoms. The van der Waals surface area contributed by atoms with Crippen molar-refractivity contribution in [3.05, 3.63) is 63.0 Å². The number of aromatic nitrogens is 1. The van der Waals surface area contributed by atoms with Gasteiger partial charge in [-0.2, -0.15) is 13.2 Å². The van der Waals surface area contributed by atoms with Crippen molar-refractivity contribution in [3.8, 4) is 0 Å². The summed E-state index contributed by atoms with van der Waals surface area (Å²) in [4.78, 5) is 8.27. The molecule has 2 nitrogen and oxygen atoms in total. The minimum Gasteiger partial charge on any atom is -0.286 e. The van der Waals surface area contributed by atoms with E-state index in [1.54, 1.807) is 12.3 Å². The van der Waals surface area contributed by atoms with Gasteiger partial charge in [-0.3, -0.25) is 9.98 Å². The van der Waals surface area contributed by atoms with E-state index in [0.29, 0.717) is 12.1 Å². The fourth-order valence-corrected chi connectivity index (χ4v) is 1.86. The lowest BCUT2D eigenvalue weighted by atomic mass is 10.1. The Kier molecular flexibility index (Phi) is 4.74. The third kappa shape index (κ3) is 4.29. The Morgan fingerprint density at radius 2 is 2.00 bits per heavy atom. The average molecular weight is 390 g/mol. The number of hydrogen-bond donors (Lipinski definition) is 0. The molecule has 0 aliphatic rings.